The highest BCUT2D eigenvalue weighted by Gasteiger charge is 2.13. The molecule has 0 amide bonds. The molecule has 0 fully saturated rings. The van der Waals surface area contributed by atoms with Crippen molar-refractivity contribution in [1.82, 2.24) is 4.98 Å². The van der Waals surface area contributed by atoms with Crippen LogP contribution in [0.4, 0.5) is 5.82 Å². The van der Waals surface area contributed by atoms with Gasteiger partial charge in [-0.05, 0) is 31.4 Å². The van der Waals surface area contributed by atoms with Gasteiger partial charge < -0.3 is 5.32 Å². The maximum Gasteiger partial charge on any atom is 0.129 e. The number of rotatable bonds is 5. The van der Waals surface area contributed by atoms with Crippen molar-refractivity contribution in [2.45, 2.75) is 46.6 Å². The quantitative estimate of drug-likeness (QED) is 0.795. The molecule has 1 aromatic rings. The molecule has 0 radical (unpaired) electrons. The Morgan fingerprint density at radius 2 is 2.00 bits per heavy atom. The summed E-state index contributed by atoms with van der Waals surface area (Å²) < 4.78 is 0. The normalized spacial score (nSPS) is 12.9. The van der Waals surface area contributed by atoms with E-state index in [4.69, 9.17) is 0 Å². The molecule has 1 atom stereocenters. The average Bonchev–Trinajstić information content (AvgIpc) is 2.23. The number of hydrogen-bond donors (Lipinski definition) is 1. The molecule has 1 heterocycles. The topological polar surface area (TPSA) is 24.9 Å². The molecule has 0 spiro atoms. The van der Waals surface area contributed by atoms with Gasteiger partial charge in [-0.2, -0.15) is 0 Å². The van der Waals surface area contributed by atoms with Crippen LogP contribution in [-0.2, 0) is 0 Å². The van der Waals surface area contributed by atoms with E-state index in [1.54, 1.807) is 0 Å². The highest BCUT2D eigenvalue weighted by Crippen LogP contribution is 2.18. The fourth-order valence-electron chi connectivity index (χ4n) is 1.97. The number of aromatic nitrogens is 1. The lowest BCUT2D eigenvalue weighted by Gasteiger charge is -2.23. The van der Waals surface area contributed by atoms with Crippen LogP contribution >= 0.6 is 0 Å². The molecule has 0 saturated heterocycles. The Balaban J connectivity index is 2.65. The lowest BCUT2D eigenvalue weighted by atomic mass is 9.95. The molecule has 1 unspecified atom stereocenters. The molecule has 0 aromatic carbocycles. The van der Waals surface area contributed by atoms with Crippen molar-refractivity contribution in [2.24, 2.45) is 5.92 Å². The van der Waals surface area contributed by atoms with Crippen LogP contribution in [0.25, 0.3) is 0 Å². The number of anilines is 1. The molecule has 0 saturated carbocycles. The first kappa shape index (κ1) is 12.0. The number of nitrogens with one attached hydrogen (secondary N) is 1. The smallest absolute Gasteiger partial charge is 0.129 e. The Morgan fingerprint density at radius 3 is 2.53 bits per heavy atom. The van der Waals surface area contributed by atoms with Gasteiger partial charge in [0.1, 0.15) is 5.82 Å². The molecule has 0 bridgehead atoms. The van der Waals surface area contributed by atoms with Gasteiger partial charge in [0.05, 0.1) is 0 Å². The third kappa shape index (κ3) is 3.22. The first-order valence-electron chi connectivity index (χ1n) is 5.87. The second-order valence-corrected chi connectivity index (χ2v) is 4.18. The van der Waals surface area contributed by atoms with E-state index < -0.39 is 0 Å². The van der Waals surface area contributed by atoms with Crippen LogP contribution in [0, 0.1) is 12.8 Å². The molecule has 1 N–H and O–H groups in total. The minimum absolute atomic E-state index is 0.494. The van der Waals surface area contributed by atoms with E-state index in [1.165, 1.54) is 18.4 Å². The van der Waals surface area contributed by atoms with E-state index in [1.807, 2.05) is 12.3 Å². The van der Waals surface area contributed by atoms with Crippen LogP contribution in [0.15, 0.2) is 18.3 Å². The lowest BCUT2D eigenvalue weighted by Crippen LogP contribution is -2.25. The Hall–Kier alpha value is -1.05. The maximum absolute atomic E-state index is 4.36. The summed E-state index contributed by atoms with van der Waals surface area (Å²) in [5.74, 6) is 1.75. The predicted molar refractivity (Wildman–Crippen MR) is 66.1 cm³/mol. The first-order chi connectivity index (χ1) is 7.19. The molecule has 1 rings (SSSR count). The van der Waals surface area contributed by atoms with Crippen LogP contribution in [0.3, 0.4) is 0 Å². The van der Waals surface area contributed by atoms with Crippen LogP contribution in [0.1, 0.15) is 39.2 Å². The molecule has 2 heteroatoms. The monoisotopic (exact) mass is 206 g/mol. The summed E-state index contributed by atoms with van der Waals surface area (Å²) in [6.45, 7) is 8.83. The van der Waals surface area contributed by atoms with Gasteiger partial charge in [0.2, 0.25) is 0 Å². The van der Waals surface area contributed by atoms with E-state index in [9.17, 15) is 0 Å². The molecule has 0 aliphatic rings. The minimum atomic E-state index is 0.494. The van der Waals surface area contributed by atoms with E-state index in [2.05, 4.69) is 44.1 Å². The molecule has 0 aliphatic carbocycles. The zero-order valence-corrected chi connectivity index (χ0v) is 10.2. The molecular formula is C13H22N2. The Labute approximate surface area is 93.1 Å². The summed E-state index contributed by atoms with van der Waals surface area (Å²) in [7, 11) is 0. The van der Waals surface area contributed by atoms with Crippen LogP contribution in [0.5, 0.6) is 0 Å². The third-order valence-corrected chi connectivity index (χ3v) is 3.13. The number of aryl methyl sites for hydroxylation is 1. The average molecular weight is 206 g/mol. The van der Waals surface area contributed by atoms with Gasteiger partial charge in [0, 0.05) is 12.2 Å². The van der Waals surface area contributed by atoms with Crippen LogP contribution in [-0.4, -0.2) is 11.0 Å². The zero-order chi connectivity index (χ0) is 11.3. The lowest BCUT2D eigenvalue weighted by molar-refractivity contribution is 0.437. The van der Waals surface area contributed by atoms with E-state index >= 15 is 0 Å². The van der Waals surface area contributed by atoms with Gasteiger partial charge in [-0.15, -0.1) is 0 Å². The summed E-state index contributed by atoms with van der Waals surface area (Å²) in [6.07, 6.45) is 4.28. The highest BCUT2D eigenvalue weighted by atomic mass is 15.0. The van der Waals surface area contributed by atoms with Crippen molar-refractivity contribution in [1.29, 1.82) is 0 Å². The Kier molecular flexibility index (Phi) is 4.60. The first-order valence-corrected chi connectivity index (χ1v) is 5.87. The fraction of sp³-hybridized carbons (Fsp3) is 0.615. The SMILES string of the molecule is CCC(CC)C(C)Nc1ncccc1C. The van der Waals surface area contributed by atoms with Gasteiger partial charge in [-0.25, -0.2) is 4.98 Å². The maximum atomic E-state index is 4.36. The molecule has 15 heavy (non-hydrogen) atoms. The largest absolute Gasteiger partial charge is 0.367 e. The molecule has 2 nitrogen and oxygen atoms in total. The highest BCUT2D eigenvalue weighted by molar-refractivity contribution is 5.43. The fourth-order valence-corrected chi connectivity index (χ4v) is 1.97. The Bertz CT molecular complexity index is 292. The summed E-state index contributed by atoms with van der Waals surface area (Å²) >= 11 is 0. The standard InChI is InChI=1S/C13H22N2/c1-5-12(6-2)11(4)15-13-10(3)8-7-9-14-13/h7-9,11-12H,5-6H2,1-4H3,(H,14,15). The summed E-state index contributed by atoms with van der Waals surface area (Å²) in [5.41, 5.74) is 1.22. The second-order valence-electron chi connectivity index (χ2n) is 4.18. The second kappa shape index (κ2) is 5.74. The number of nitrogens with zero attached hydrogens (tertiary/aromatic N) is 1. The summed E-state index contributed by atoms with van der Waals surface area (Å²) in [5, 5.41) is 3.50. The predicted octanol–water partition coefficient (Wildman–Crippen LogP) is 3.63. The van der Waals surface area contributed by atoms with Gasteiger partial charge in [0.15, 0.2) is 0 Å². The van der Waals surface area contributed by atoms with Gasteiger partial charge >= 0.3 is 0 Å². The van der Waals surface area contributed by atoms with Crippen molar-refractivity contribution in [3.8, 4) is 0 Å². The zero-order valence-electron chi connectivity index (χ0n) is 10.2. The third-order valence-electron chi connectivity index (χ3n) is 3.13. The van der Waals surface area contributed by atoms with Crippen molar-refractivity contribution in [3.05, 3.63) is 23.9 Å². The van der Waals surface area contributed by atoms with E-state index in [0.29, 0.717) is 6.04 Å². The summed E-state index contributed by atoms with van der Waals surface area (Å²) in [4.78, 5) is 4.36. The number of pyridine rings is 1. The van der Waals surface area contributed by atoms with Gasteiger partial charge in [0.25, 0.3) is 0 Å². The number of hydrogen-bond acceptors (Lipinski definition) is 2. The van der Waals surface area contributed by atoms with Gasteiger partial charge in [-0.1, -0.05) is 32.8 Å². The van der Waals surface area contributed by atoms with E-state index in [-0.39, 0.29) is 0 Å². The molecule has 0 aliphatic heterocycles. The van der Waals surface area contributed by atoms with Crippen molar-refractivity contribution < 1.29 is 0 Å². The minimum Gasteiger partial charge on any atom is -0.367 e. The Morgan fingerprint density at radius 1 is 1.33 bits per heavy atom. The van der Waals surface area contributed by atoms with Crippen molar-refractivity contribution in [2.75, 3.05) is 5.32 Å². The van der Waals surface area contributed by atoms with Crippen LogP contribution < -0.4 is 5.32 Å². The van der Waals surface area contributed by atoms with E-state index in [0.717, 1.165) is 11.7 Å². The summed E-state index contributed by atoms with van der Waals surface area (Å²) in [6, 6.07) is 4.56. The van der Waals surface area contributed by atoms with Crippen LogP contribution in [0.2, 0.25) is 0 Å². The van der Waals surface area contributed by atoms with Gasteiger partial charge in [-0.3, -0.25) is 0 Å². The van der Waals surface area contributed by atoms with Crippen molar-refractivity contribution in [3.63, 3.8) is 0 Å². The van der Waals surface area contributed by atoms with Crippen molar-refractivity contribution >= 4 is 5.82 Å². The molecule has 84 valence electrons. The molecular weight excluding hydrogens is 184 g/mol. The molecule has 1 aromatic heterocycles.